The number of aromatic hydroxyl groups is 1. The zero-order chi connectivity index (χ0) is 40.4. The summed E-state index contributed by atoms with van der Waals surface area (Å²) in [5, 5.41) is 17.8. The number of phenolic OH excluding ortho intramolecular Hbond substituents is 1. The van der Waals surface area contributed by atoms with Gasteiger partial charge in [0.25, 0.3) is 11.8 Å². The highest BCUT2D eigenvalue weighted by atomic mass is 16.6. The number of phenols is 1. The molecule has 0 bridgehead atoms. The SMILES string of the molecule is CC[C@H](C)[C@@H]1OC(=O)[C@H](C)OC(=O)[C@@H](NC(=O)c2cccc(NC=O)c2O)[C@@H](C)OC(=O)[C@H](CC(C)C)OC(=O)C(C)(C)C(=O)[C@H](CC(C)C)NC1=O. The number of esters is 4. The van der Waals surface area contributed by atoms with Crippen LogP contribution in [-0.2, 0) is 52.5 Å². The lowest BCUT2D eigenvalue weighted by Gasteiger charge is -2.32. The molecule has 16 nitrogen and oxygen atoms in total. The van der Waals surface area contributed by atoms with Crippen molar-refractivity contribution in [2.45, 2.75) is 125 Å². The Morgan fingerprint density at radius 2 is 1.53 bits per heavy atom. The Hall–Kier alpha value is -5.02. The summed E-state index contributed by atoms with van der Waals surface area (Å²) in [4.78, 5) is 106. The topological polar surface area (TPSA) is 230 Å². The van der Waals surface area contributed by atoms with Gasteiger partial charge in [0.1, 0.15) is 11.5 Å². The van der Waals surface area contributed by atoms with Crippen LogP contribution in [0.4, 0.5) is 5.69 Å². The zero-order valence-electron chi connectivity index (χ0n) is 32.0. The Labute approximate surface area is 309 Å². The van der Waals surface area contributed by atoms with Crippen LogP contribution >= 0.6 is 0 Å². The molecule has 1 fully saturated rings. The number of benzene rings is 1. The van der Waals surface area contributed by atoms with Gasteiger partial charge in [-0.15, -0.1) is 0 Å². The largest absolute Gasteiger partial charge is 0.505 e. The molecule has 0 aliphatic carbocycles. The Balaban J connectivity index is 2.68. The van der Waals surface area contributed by atoms with Crippen LogP contribution < -0.4 is 16.0 Å². The fourth-order valence-corrected chi connectivity index (χ4v) is 5.37. The summed E-state index contributed by atoms with van der Waals surface area (Å²) >= 11 is 0. The van der Waals surface area contributed by atoms with Gasteiger partial charge in [-0.3, -0.25) is 24.0 Å². The number of Topliss-reactive ketones (excluding diaryl/α,β-unsaturated/α-hetero) is 1. The molecule has 0 spiro atoms. The predicted molar refractivity (Wildman–Crippen MR) is 189 cm³/mol. The standard InChI is InChI=1S/C37H53N3O13/c1-11-20(6)29-32(45)39-25(15-18(2)3)30(43)37(9,10)36(49)52-26(16-19(4)5)34(47)50-21(7)27(35(48)51-22(8)33(46)53-29)40-31(44)23-13-12-14-24(28(23)42)38-17-41/h12-14,17-22,25-27,29,42H,11,15-16H2,1-10H3,(H,38,41)(H,39,45)(H,40,44)/t20-,21+,22-,25-,26-,27-,29-/m0/s1. The third-order valence-electron chi connectivity index (χ3n) is 8.76. The fourth-order valence-electron chi connectivity index (χ4n) is 5.37. The first-order valence-electron chi connectivity index (χ1n) is 17.7. The Morgan fingerprint density at radius 1 is 0.906 bits per heavy atom. The van der Waals surface area contributed by atoms with E-state index in [1.165, 1.54) is 45.9 Å². The molecule has 0 unspecified atom stereocenters. The zero-order valence-corrected chi connectivity index (χ0v) is 32.0. The van der Waals surface area contributed by atoms with Crippen LogP contribution in [0.3, 0.4) is 0 Å². The summed E-state index contributed by atoms with van der Waals surface area (Å²) in [6.07, 6.45) is -5.50. The molecule has 1 heterocycles. The van der Waals surface area contributed by atoms with E-state index in [1.807, 2.05) is 13.8 Å². The van der Waals surface area contributed by atoms with Gasteiger partial charge in [0.2, 0.25) is 6.41 Å². The van der Waals surface area contributed by atoms with Crippen molar-refractivity contribution in [1.29, 1.82) is 0 Å². The molecular formula is C37H53N3O13. The highest BCUT2D eigenvalue weighted by molar-refractivity contribution is 6.07. The summed E-state index contributed by atoms with van der Waals surface area (Å²) in [7, 11) is 0. The fraction of sp³-hybridized carbons (Fsp3) is 0.622. The van der Waals surface area contributed by atoms with Gasteiger partial charge < -0.3 is 40.0 Å². The summed E-state index contributed by atoms with van der Waals surface area (Å²) in [5.41, 5.74) is -2.39. The van der Waals surface area contributed by atoms with Gasteiger partial charge >= 0.3 is 23.9 Å². The molecule has 16 heteroatoms. The summed E-state index contributed by atoms with van der Waals surface area (Å²) < 4.78 is 22.1. The summed E-state index contributed by atoms with van der Waals surface area (Å²) in [5.74, 6) is -8.75. The van der Waals surface area contributed by atoms with Crippen molar-refractivity contribution in [3.63, 3.8) is 0 Å². The number of ketones is 1. The highest BCUT2D eigenvalue weighted by Gasteiger charge is 2.46. The van der Waals surface area contributed by atoms with Crippen LogP contribution in [0, 0.1) is 23.2 Å². The maximum absolute atomic E-state index is 14.0. The van der Waals surface area contributed by atoms with Crippen LogP contribution in [0.1, 0.15) is 98.9 Å². The predicted octanol–water partition coefficient (Wildman–Crippen LogP) is 2.98. The van der Waals surface area contributed by atoms with E-state index in [9.17, 15) is 43.5 Å². The molecule has 53 heavy (non-hydrogen) atoms. The average Bonchev–Trinajstić information content (AvgIpc) is 3.07. The summed E-state index contributed by atoms with van der Waals surface area (Å²) in [6.45, 7) is 15.5. The minimum atomic E-state index is -1.88. The first-order chi connectivity index (χ1) is 24.7. The minimum absolute atomic E-state index is 0.0565. The number of amides is 3. The molecule has 0 aromatic heterocycles. The molecule has 7 atom stereocenters. The molecule has 4 N–H and O–H groups in total. The van der Waals surface area contributed by atoms with Gasteiger partial charge in [0.15, 0.2) is 35.9 Å². The molecule has 0 radical (unpaired) electrons. The quantitative estimate of drug-likeness (QED) is 0.0888. The molecule has 1 saturated heterocycles. The number of cyclic esters (lactones) is 4. The molecule has 3 amide bonds. The first kappa shape index (κ1) is 44.1. The second-order valence-corrected chi connectivity index (χ2v) is 14.6. The number of carbonyl (C=O) groups is 8. The van der Waals surface area contributed by atoms with Gasteiger partial charge in [0.05, 0.1) is 17.3 Å². The van der Waals surface area contributed by atoms with Gasteiger partial charge in [0, 0.05) is 5.92 Å². The van der Waals surface area contributed by atoms with E-state index in [1.54, 1.807) is 27.7 Å². The van der Waals surface area contributed by atoms with Crippen LogP contribution in [0.25, 0.3) is 0 Å². The molecule has 1 aliphatic heterocycles. The molecule has 294 valence electrons. The van der Waals surface area contributed by atoms with Crippen LogP contribution in [-0.4, -0.2) is 89.5 Å². The van der Waals surface area contributed by atoms with Gasteiger partial charge in [-0.25, -0.2) is 14.4 Å². The summed E-state index contributed by atoms with van der Waals surface area (Å²) in [6, 6.07) is 0.804. The smallest absolute Gasteiger partial charge is 0.347 e. The molecule has 2 rings (SSSR count). The third-order valence-corrected chi connectivity index (χ3v) is 8.76. The molecule has 1 aromatic carbocycles. The van der Waals surface area contributed by atoms with Crippen molar-refractivity contribution >= 4 is 53.6 Å². The number of hydrogen-bond acceptors (Lipinski definition) is 13. The Bertz CT molecular complexity index is 1540. The molecular weight excluding hydrogens is 694 g/mol. The number of ether oxygens (including phenoxy) is 4. The first-order valence-corrected chi connectivity index (χ1v) is 17.7. The van der Waals surface area contributed by atoms with Crippen molar-refractivity contribution in [2.75, 3.05) is 5.32 Å². The Kier molecular flexibility index (Phi) is 16.0. The molecule has 0 saturated carbocycles. The maximum atomic E-state index is 14.0. The maximum Gasteiger partial charge on any atom is 0.347 e. The number of rotatable bonds is 10. The highest BCUT2D eigenvalue weighted by Crippen LogP contribution is 2.29. The molecule has 1 aromatic rings. The van der Waals surface area contributed by atoms with Crippen molar-refractivity contribution in [3.8, 4) is 5.75 Å². The van der Waals surface area contributed by atoms with E-state index in [4.69, 9.17) is 18.9 Å². The van der Waals surface area contributed by atoms with Gasteiger partial charge in [-0.2, -0.15) is 0 Å². The number of carbonyl (C=O) groups excluding carboxylic acids is 8. The van der Waals surface area contributed by atoms with E-state index < -0.39 is 95.1 Å². The van der Waals surface area contributed by atoms with Crippen molar-refractivity contribution in [1.82, 2.24) is 10.6 Å². The van der Waals surface area contributed by atoms with Crippen LogP contribution in [0.5, 0.6) is 5.75 Å². The second kappa shape index (κ2) is 19.2. The molecule has 1 aliphatic rings. The van der Waals surface area contributed by atoms with Crippen molar-refractivity contribution in [3.05, 3.63) is 23.8 Å². The van der Waals surface area contributed by atoms with Crippen molar-refractivity contribution < 1.29 is 62.4 Å². The number of hydrogen-bond donors (Lipinski definition) is 4. The average molecular weight is 748 g/mol. The van der Waals surface area contributed by atoms with Crippen LogP contribution in [0.15, 0.2) is 18.2 Å². The monoisotopic (exact) mass is 747 g/mol. The van der Waals surface area contributed by atoms with E-state index in [2.05, 4.69) is 16.0 Å². The third kappa shape index (κ3) is 11.7. The number of nitrogens with one attached hydrogen (secondary N) is 3. The van der Waals surface area contributed by atoms with Crippen molar-refractivity contribution in [2.24, 2.45) is 23.2 Å². The number of para-hydroxylation sites is 1. The van der Waals surface area contributed by atoms with Gasteiger partial charge in [-0.05, 0) is 70.9 Å². The lowest BCUT2D eigenvalue weighted by Crippen LogP contribution is -2.55. The van der Waals surface area contributed by atoms with Crippen LogP contribution in [0.2, 0.25) is 0 Å². The normalized spacial score (nSPS) is 25.5. The van der Waals surface area contributed by atoms with E-state index in [-0.39, 0.29) is 42.3 Å². The lowest BCUT2D eigenvalue weighted by molar-refractivity contribution is -0.183. The van der Waals surface area contributed by atoms with E-state index in [0.717, 1.165) is 0 Å². The van der Waals surface area contributed by atoms with E-state index >= 15 is 0 Å². The number of anilines is 1. The van der Waals surface area contributed by atoms with Gasteiger partial charge in [-0.1, -0.05) is 47.6 Å². The minimum Gasteiger partial charge on any atom is -0.505 e. The Morgan fingerprint density at radius 3 is 2.09 bits per heavy atom. The lowest BCUT2D eigenvalue weighted by atomic mass is 9.81. The second-order valence-electron chi connectivity index (χ2n) is 14.6. The van der Waals surface area contributed by atoms with E-state index in [0.29, 0.717) is 6.42 Å².